The Morgan fingerprint density at radius 1 is 1.12 bits per heavy atom. The number of phenols is 1. The van der Waals surface area contributed by atoms with Gasteiger partial charge in [-0.15, -0.1) is 0 Å². The molecule has 1 aromatic rings. The zero-order chi connectivity index (χ0) is 18.1. The van der Waals surface area contributed by atoms with Gasteiger partial charge in [-0.05, 0) is 97.8 Å². The number of unbranched alkanes of at least 4 members (excludes halogenated alkanes) is 4. The molecular formula is C25H36O. The first kappa shape index (κ1) is 18.1. The summed E-state index contributed by atoms with van der Waals surface area (Å²) in [5.74, 6) is 2.92. The molecule has 2 fully saturated rings. The lowest BCUT2D eigenvalue weighted by molar-refractivity contribution is 0.0812. The highest BCUT2D eigenvalue weighted by Gasteiger charge is 2.52. The Bertz CT molecular complexity index is 673. The molecule has 4 atom stereocenters. The van der Waals surface area contributed by atoms with Gasteiger partial charge < -0.3 is 5.11 Å². The summed E-state index contributed by atoms with van der Waals surface area (Å²) in [6.45, 7) is 4.88. The highest BCUT2D eigenvalue weighted by atomic mass is 16.3. The van der Waals surface area contributed by atoms with Gasteiger partial charge in [0, 0.05) is 0 Å². The molecule has 0 unspecified atom stereocenters. The third kappa shape index (κ3) is 3.12. The van der Waals surface area contributed by atoms with Crippen molar-refractivity contribution in [3.05, 3.63) is 41.0 Å². The highest BCUT2D eigenvalue weighted by molar-refractivity contribution is 5.40. The average Bonchev–Trinajstić information content (AvgIpc) is 2.97. The van der Waals surface area contributed by atoms with Crippen molar-refractivity contribution in [1.82, 2.24) is 0 Å². The van der Waals surface area contributed by atoms with E-state index in [0.29, 0.717) is 11.2 Å². The summed E-state index contributed by atoms with van der Waals surface area (Å²) in [4.78, 5) is 0. The molecule has 2 saturated carbocycles. The van der Waals surface area contributed by atoms with E-state index in [1.54, 1.807) is 11.1 Å². The SMILES string of the molecule is CCCCCCC=C1CC[C@H]2[C@@H]3CCc4cc(O)ccc4[C@H]3CC[C@]12C. The first-order valence-corrected chi connectivity index (χ1v) is 11.1. The second-order valence-electron chi connectivity index (χ2n) is 9.37. The molecule has 1 N–H and O–H groups in total. The molecule has 1 nitrogen and oxygen atoms in total. The van der Waals surface area contributed by atoms with E-state index in [4.69, 9.17) is 0 Å². The van der Waals surface area contributed by atoms with Gasteiger partial charge >= 0.3 is 0 Å². The summed E-state index contributed by atoms with van der Waals surface area (Å²) < 4.78 is 0. The van der Waals surface area contributed by atoms with Crippen LogP contribution in [0.4, 0.5) is 0 Å². The van der Waals surface area contributed by atoms with Gasteiger partial charge in [-0.3, -0.25) is 0 Å². The molecule has 1 aromatic carbocycles. The van der Waals surface area contributed by atoms with Crippen molar-refractivity contribution in [2.75, 3.05) is 0 Å². The van der Waals surface area contributed by atoms with Crippen LogP contribution in [0.25, 0.3) is 0 Å². The van der Waals surface area contributed by atoms with Crippen molar-refractivity contribution in [3.63, 3.8) is 0 Å². The van der Waals surface area contributed by atoms with Crippen LogP contribution in [0.2, 0.25) is 0 Å². The Morgan fingerprint density at radius 3 is 2.85 bits per heavy atom. The number of rotatable bonds is 5. The third-order valence-corrected chi connectivity index (χ3v) is 8.01. The molecule has 3 aliphatic rings. The maximum absolute atomic E-state index is 9.84. The van der Waals surface area contributed by atoms with Gasteiger partial charge in [-0.25, -0.2) is 0 Å². The van der Waals surface area contributed by atoms with Crippen LogP contribution in [0.15, 0.2) is 29.8 Å². The van der Waals surface area contributed by atoms with Gasteiger partial charge in [-0.1, -0.05) is 50.8 Å². The summed E-state index contributed by atoms with van der Waals surface area (Å²) >= 11 is 0. The largest absolute Gasteiger partial charge is 0.508 e. The van der Waals surface area contributed by atoms with Crippen molar-refractivity contribution in [3.8, 4) is 5.75 Å². The van der Waals surface area contributed by atoms with Crippen LogP contribution in [0.3, 0.4) is 0 Å². The van der Waals surface area contributed by atoms with Gasteiger partial charge in [0.15, 0.2) is 0 Å². The van der Waals surface area contributed by atoms with Crippen molar-refractivity contribution in [2.45, 2.75) is 90.4 Å². The summed E-state index contributed by atoms with van der Waals surface area (Å²) in [5, 5.41) is 9.84. The number of phenolic OH excluding ortho intramolecular Hbond substituents is 1. The van der Waals surface area contributed by atoms with E-state index >= 15 is 0 Å². The molecule has 1 heteroatoms. The molecular weight excluding hydrogens is 316 g/mol. The van der Waals surface area contributed by atoms with Crippen LogP contribution in [-0.2, 0) is 6.42 Å². The Hall–Kier alpha value is -1.24. The van der Waals surface area contributed by atoms with Crippen molar-refractivity contribution in [1.29, 1.82) is 0 Å². The van der Waals surface area contributed by atoms with Crippen molar-refractivity contribution in [2.24, 2.45) is 17.3 Å². The van der Waals surface area contributed by atoms with Crippen molar-refractivity contribution >= 4 is 0 Å². The molecule has 0 amide bonds. The zero-order valence-corrected chi connectivity index (χ0v) is 16.8. The lowest BCUT2D eigenvalue weighted by Gasteiger charge is -2.49. The summed E-state index contributed by atoms with van der Waals surface area (Å²) in [7, 11) is 0. The first-order valence-electron chi connectivity index (χ1n) is 11.1. The van der Waals surface area contributed by atoms with E-state index in [1.165, 1.54) is 69.8 Å². The van der Waals surface area contributed by atoms with Crippen LogP contribution in [0.5, 0.6) is 5.75 Å². The molecule has 0 aliphatic heterocycles. The van der Waals surface area contributed by atoms with Crippen LogP contribution in [0.1, 0.15) is 95.1 Å². The topological polar surface area (TPSA) is 20.2 Å². The highest BCUT2D eigenvalue weighted by Crippen LogP contribution is 2.62. The Labute approximate surface area is 159 Å². The summed E-state index contributed by atoms with van der Waals surface area (Å²) in [5.41, 5.74) is 5.24. The lowest BCUT2D eigenvalue weighted by Crippen LogP contribution is -2.40. The predicted molar refractivity (Wildman–Crippen MR) is 110 cm³/mol. The number of benzene rings is 1. The molecule has 0 aromatic heterocycles. The van der Waals surface area contributed by atoms with E-state index in [0.717, 1.165) is 24.2 Å². The Kier molecular flexibility index (Phi) is 5.17. The fourth-order valence-electron chi connectivity index (χ4n) is 6.60. The fourth-order valence-corrected chi connectivity index (χ4v) is 6.60. The van der Waals surface area contributed by atoms with Crippen molar-refractivity contribution < 1.29 is 5.11 Å². The molecule has 0 heterocycles. The van der Waals surface area contributed by atoms with Gasteiger partial charge in [0.2, 0.25) is 0 Å². The minimum atomic E-state index is 0.442. The minimum absolute atomic E-state index is 0.442. The Morgan fingerprint density at radius 2 is 2.00 bits per heavy atom. The molecule has 0 radical (unpaired) electrons. The predicted octanol–water partition coefficient (Wildman–Crippen LogP) is 7.15. The fraction of sp³-hybridized carbons (Fsp3) is 0.680. The lowest BCUT2D eigenvalue weighted by atomic mass is 9.55. The minimum Gasteiger partial charge on any atom is -0.508 e. The summed E-state index contributed by atoms with van der Waals surface area (Å²) in [6.07, 6.45) is 17.4. The van der Waals surface area contributed by atoms with Gasteiger partial charge in [0.1, 0.15) is 5.75 Å². The number of hydrogen-bond donors (Lipinski definition) is 1. The number of aryl methyl sites for hydroxylation is 1. The molecule has 26 heavy (non-hydrogen) atoms. The van der Waals surface area contributed by atoms with Gasteiger partial charge in [0.05, 0.1) is 0 Å². The monoisotopic (exact) mass is 352 g/mol. The van der Waals surface area contributed by atoms with E-state index in [2.05, 4.69) is 26.0 Å². The quantitative estimate of drug-likeness (QED) is 0.441. The average molecular weight is 353 g/mol. The van der Waals surface area contributed by atoms with E-state index in [1.807, 2.05) is 12.1 Å². The molecule has 0 bridgehead atoms. The van der Waals surface area contributed by atoms with Gasteiger partial charge in [0.25, 0.3) is 0 Å². The number of fused-ring (bicyclic) bond motifs is 5. The molecule has 3 aliphatic carbocycles. The number of allylic oxidation sites excluding steroid dienone is 2. The second kappa shape index (κ2) is 7.41. The zero-order valence-electron chi connectivity index (χ0n) is 16.8. The first-order chi connectivity index (χ1) is 12.6. The van der Waals surface area contributed by atoms with Crippen LogP contribution in [-0.4, -0.2) is 5.11 Å². The van der Waals surface area contributed by atoms with E-state index in [9.17, 15) is 5.11 Å². The number of hydrogen-bond acceptors (Lipinski definition) is 1. The Balaban J connectivity index is 1.50. The molecule has 142 valence electrons. The van der Waals surface area contributed by atoms with E-state index < -0.39 is 0 Å². The second-order valence-corrected chi connectivity index (χ2v) is 9.37. The van der Waals surface area contributed by atoms with Crippen LogP contribution in [0, 0.1) is 17.3 Å². The van der Waals surface area contributed by atoms with Crippen LogP contribution >= 0.6 is 0 Å². The van der Waals surface area contributed by atoms with Crippen LogP contribution < -0.4 is 0 Å². The molecule has 0 spiro atoms. The molecule has 4 rings (SSSR count). The normalized spacial score (nSPS) is 34.4. The maximum atomic E-state index is 9.84. The maximum Gasteiger partial charge on any atom is 0.115 e. The summed E-state index contributed by atoms with van der Waals surface area (Å²) in [6, 6.07) is 6.16. The standard InChI is InChI=1S/C25H36O/c1-3-4-5-6-7-8-19-10-14-24-23-12-9-18-17-20(26)11-13-21(18)22(23)15-16-25(19,24)2/h8,11,13,17,22-24,26H,3-7,9-10,12,14-16H2,1-2H3/t22-,23-,24+,25-/m1/s1. The van der Waals surface area contributed by atoms with Gasteiger partial charge in [-0.2, -0.15) is 0 Å². The number of aromatic hydroxyl groups is 1. The third-order valence-electron chi connectivity index (χ3n) is 8.01. The van der Waals surface area contributed by atoms with E-state index in [-0.39, 0.29) is 0 Å². The smallest absolute Gasteiger partial charge is 0.115 e. The molecule has 0 saturated heterocycles.